The van der Waals surface area contributed by atoms with Gasteiger partial charge in [-0.2, -0.15) is 0 Å². The number of furan rings is 1. The maximum absolute atomic E-state index is 12.2. The Morgan fingerprint density at radius 1 is 1.29 bits per heavy atom. The normalized spacial score (nSPS) is 14.7. The Bertz CT molecular complexity index is 799. The summed E-state index contributed by atoms with van der Waals surface area (Å²) < 4.78 is 10.9. The molecule has 0 unspecified atom stereocenters. The van der Waals surface area contributed by atoms with Gasteiger partial charge in [-0.05, 0) is 62.1 Å². The average Bonchev–Trinajstić information content (AvgIpc) is 3.21. The number of nitrogens with one attached hydrogen (secondary N) is 1. The fourth-order valence-electron chi connectivity index (χ4n) is 3.27. The molecule has 2 heterocycles. The number of amides is 2. The first-order valence-electron chi connectivity index (χ1n) is 9.54. The van der Waals surface area contributed by atoms with Crippen molar-refractivity contribution in [3.8, 4) is 5.75 Å². The standard InChI is InChI=1S/C21H25ClN2O4/c1-15-14-16(22)6-7-18(15)27-13-3-5-20(25)23-17-8-10-24(11-9-17)21(26)19-4-2-12-28-19/h2,4,6-7,12,14,17H,3,5,8-11,13H2,1H3,(H,23,25). The summed E-state index contributed by atoms with van der Waals surface area (Å²) in [6, 6.07) is 8.97. The number of aryl methyl sites for hydroxylation is 1. The van der Waals surface area contributed by atoms with E-state index in [1.54, 1.807) is 23.1 Å². The third-order valence-electron chi connectivity index (χ3n) is 4.82. The quantitative estimate of drug-likeness (QED) is 0.712. The summed E-state index contributed by atoms with van der Waals surface area (Å²) >= 11 is 5.93. The van der Waals surface area contributed by atoms with Crippen molar-refractivity contribution in [1.29, 1.82) is 0 Å². The Kier molecular flexibility index (Phi) is 6.98. The molecule has 0 spiro atoms. The lowest BCUT2D eigenvalue weighted by atomic mass is 10.0. The lowest BCUT2D eigenvalue weighted by molar-refractivity contribution is -0.122. The van der Waals surface area contributed by atoms with Gasteiger partial charge in [-0.3, -0.25) is 9.59 Å². The van der Waals surface area contributed by atoms with E-state index < -0.39 is 0 Å². The van der Waals surface area contributed by atoms with Gasteiger partial charge in [-0.1, -0.05) is 11.6 Å². The molecular weight excluding hydrogens is 380 g/mol. The van der Waals surface area contributed by atoms with Gasteiger partial charge in [0, 0.05) is 30.6 Å². The largest absolute Gasteiger partial charge is 0.493 e. The molecule has 7 heteroatoms. The van der Waals surface area contributed by atoms with Crippen LogP contribution in [0.4, 0.5) is 0 Å². The number of hydrogen-bond acceptors (Lipinski definition) is 4. The number of ether oxygens (including phenoxy) is 1. The molecule has 0 radical (unpaired) electrons. The van der Waals surface area contributed by atoms with E-state index in [0.29, 0.717) is 43.3 Å². The SMILES string of the molecule is Cc1cc(Cl)ccc1OCCCC(=O)NC1CCN(C(=O)c2ccco2)CC1. The summed E-state index contributed by atoms with van der Waals surface area (Å²) in [5.41, 5.74) is 0.979. The molecule has 3 rings (SSSR count). The second-order valence-electron chi connectivity index (χ2n) is 6.97. The molecule has 2 aromatic rings. The molecule has 6 nitrogen and oxygen atoms in total. The van der Waals surface area contributed by atoms with E-state index in [1.165, 1.54) is 6.26 Å². The van der Waals surface area contributed by atoms with Crippen LogP contribution in [0.2, 0.25) is 5.02 Å². The van der Waals surface area contributed by atoms with Gasteiger partial charge < -0.3 is 19.4 Å². The first-order valence-corrected chi connectivity index (χ1v) is 9.92. The van der Waals surface area contributed by atoms with E-state index in [4.69, 9.17) is 20.8 Å². The van der Waals surface area contributed by atoms with Gasteiger partial charge in [-0.15, -0.1) is 0 Å². The lowest BCUT2D eigenvalue weighted by Crippen LogP contribution is -2.46. The number of hydrogen-bond donors (Lipinski definition) is 1. The summed E-state index contributed by atoms with van der Waals surface area (Å²) in [5.74, 6) is 1.08. The number of carbonyl (C=O) groups is 2. The summed E-state index contributed by atoms with van der Waals surface area (Å²) in [7, 11) is 0. The Labute approximate surface area is 169 Å². The topological polar surface area (TPSA) is 71.8 Å². The van der Waals surface area contributed by atoms with Crippen molar-refractivity contribution in [2.75, 3.05) is 19.7 Å². The van der Waals surface area contributed by atoms with Crippen LogP contribution in [-0.4, -0.2) is 42.5 Å². The second-order valence-corrected chi connectivity index (χ2v) is 7.41. The second kappa shape index (κ2) is 9.64. The molecule has 1 aromatic carbocycles. The third kappa shape index (κ3) is 5.52. The van der Waals surface area contributed by atoms with Crippen LogP contribution in [0.5, 0.6) is 5.75 Å². The molecule has 1 aliphatic heterocycles. The first-order chi connectivity index (χ1) is 13.5. The molecule has 0 aliphatic carbocycles. The van der Waals surface area contributed by atoms with Crippen molar-refractivity contribution >= 4 is 23.4 Å². The smallest absolute Gasteiger partial charge is 0.289 e. The minimum absolute atomic E-state index is 0.0206. The van der Waals surface area contributed by atoms with Crippen molar-refractivity contribution in [1.82, 2.24) is 10.2 Å². The van der Waals surface area contributed by atoms with Crippen molar-refractivity contribution in [3.63, 3.8) is 0 Å². The van der Waals surface area contributed by atoms with E-state index in [-0.39, 0.29) is 17.9 Å². The molecular formula is C21H25ClN2O4. The summed E-state index contributed by atoms with van der Waals surface area (Å²) in [4.78, 5) is 26.2. The van der Waals surface area contributed by atoms with E-state index >= 15 is 0 Å². The molecule has 28 heavy (non-hydrogen) atoms. The number of halogens is 1. The number of likely N-dealkylation sites (tertiary alicyclic amines) is 1. The Morgan fingerprint density at radius 2 is 2.07 bits per heavy atom. The van der Waals surface area contributed by atoms with Gasteiger partial charge >= 0.3 is 0 Å². The third-order valence-corrected chi connectivity index (χ3v) is 5.06. The van der Waals surface area contributed by atoms with Crippen LogP contribution in [-0.2, 0) is 4.79 Å². The molecule has 0 atom stereocenters. The van der Waals surface area contributed by atoms with Gasteiger partial charge in [0.2, 0.25) is 5.91 Å². The fraction of sp³-hybridized carbons (Fsp3) is 0.429. The van der Waals surface area contributed by atoms with Crippen molar-refractivity contribution < 1.29 is 18.7 Å². The Hall–Kier alpha value is -2.47. The molecule has 150 valence electrons. The fourth-order valence-corrected chi connectivity index (χ4v) is 3.50. The maximum Gasteiger partial charge on any atom is 0.289 e. The molecule has 2 amide bonds. The summed E-state index contributed by atoms with van der Waals surface area (Å²) in [5, 5.41) is 3.74. The van der Waals surface area contributed by atoms with Gasteiger partial charge in [0.05, 0.1) is 12.9 Å². The molecule has 1 fully saturated rings. The average molecular weight is 405 g/mol. The minimum atomic E-state index is -0.0931. The zero-order chi connectivity index (χ0) is 19.9. The van der Waals surface area contributed by atoms with E-state index in [9.17, 15) is 9.59 Å². The maximum atomic E-state index is 12.2. The van der Waals surface area contributed by atoms with Crippen LogP contribution in [0.3, 0.4) is 0 Å². The van der Waals surface area contributed by atoms with Crippen LogP contribution in [0.15, 0.2) is 41.0 Å². The Morgan fingerprint density at radius 3 is 2.75 bits per heavy atom. The predicted molar refractivity (Wildman–Crippen MR) is 107 cm³/mol. The number of carbonyl (C=O) groups excluding carboxylic acids is 2. The summed E-state index contributed by atoms with van der Waals surface area (Å²) in [6.45, 7) is 3.65. The van der Waals surface area contributed by atoms with Crippen molar-refractivity contribution in [2.24, 2.45) is 0 Å². The van der Waals surface area contributed by atoms with Gasteiger partial charge in [0.25, 0.3) is 5.91 Å². The zero-order valence-electron chi connectivity index (χ0n) is 15.9. The van der Waals surface area contributed by atoms with E-state index in [1.807, 2.05) is 19.1 Å². The number of piperidine rings is 1. The highest BCUT2D eigenvalue weighted by Crippen LogP contribution is 2.22. The van der Waals surface area contributed by atoms with Gasteiger partial charge in [-0.25, -0.2) is 0 Å². The van der Waals surface area contributed by atoms with E-state index in [0.717, 1.165) is 24.2 Å². The Balaban J connectivity index is 1.33. The minimum Gasteiger partial charge on any atom is -0.493 e. The van der Waals surface area contributed by atoms with Crippen molar-refractivity contribution in [2.45, 2.75) is 38.6 Å². The zero-order valence-corrected chi connectivity index (χ0v) is 16.7. The van der Waals surface area contributed by atoms with Gasteiger partial charge in [0.1, 0.15) is 5.75 Å². The molecule has 0 saturated carbocycles. The molecule has 0 bridgehead atoms. The van der Waals surface area contributed by atoms with Crippen LogP contribution in [0.25, 0.3) is 0 Å². The number of benzene rings is 1. The predicted octanol–water partition coefficient (Wildman–Crippen LogP) is 3.82. The summed E-state index contributed by atoms with van der Waals surface area (Å²) in [6.07, 6.45) is 4.05. The molecule has 1 saturated heterocycles. The number of rotatable bonds is 7. The van der Waals surface area contributed by atoms with E-state index in [2.05, 4.69) is 5.32 Å². The molecule has 1 N–H and O–H groups in total. The monoisotopic (exact) mass is 404 g/mol. The highest BCUT2D eigenvalue weighted by molar-refractivity contribution is 6.30. The highest BCUT2D eigenvalue weighted by atomic mass is 35.5. The first kappa shape index (κ1) is 20.3. The van der Waals surface area contributed by atoms with Crippen LogP contribution >= 0.6 is 11.6 Å². The molecule has 1 aromatic heterocycles. The molecule has 1 aliphatic rings. The van der Waals surface area contributed by atoms with Gasteiger partial charge in [0.15, 0.2) is 5.76 Å². The van der Waals surface area contributed by atoms with Crippen LogP contribution in [0.1, 0.15) is 41.8 Å². The van der Waals surface area contributed by atoms with Crippen LogP contribution < -0.4 is 10.1 Å². The van der Waals surface area contributed by atoms with Crippen molar-refractivity contribution in [3.05, 3.63) is 52.9 Å². The lowest BCUT2D eigenvalue weighted by Gasteiger charge is -2.31. The number of nitrogens with zero attached hydrogens (tertiary/aromatic N) is 1. The highest BCUT2D eigenvalue weighted by Gasteiger charge is 2.25. The van der Waals surface area contributed by atoms with Crippen LogP contribution in [0, 0.1) is 6.92 Å².